The molecule has 0 saturated carbocycles. The number of piperidine rings is 1. The molecule has 3 aromatic carbocycles. The van der Waals surface area contributed by atoms with Gasteiger partial charge in [-0.05, 0) is 105 Å². The zero-order valence-corrected chi connectivity index (χ0v) is 22.5. The average molecular weight is 495 g/mol. The Balaban J connectivity index is 1.09. The van der Waals surface area contributed by atoms with E-state index in [1.54, 1.807) is 0 Å². The van der Waals surface area contributed by atoms with Crippen molar-refractivity contribution in [3.8, 4) is 0 Å². The fourth-order valence-corrected chi connectivity index (χ4v) is 6.14. The minimum absolute atomic E-state index is 0.319. The lowest BCUT2D eigenvalue weighted by molar-refractivity contribution is 0.0974. The van der Waals surface area contributed by atoms with Gasteiger partial charge in [0.25, 0.3) is 0 Å². The van der Waals surface area contributed by atoms with Gasteiger partial charge in [0.1, 0.15) is 0 Å². The molecule has 1 fully saturated rings. The molecule has 0 radical (unpaired) electrons. The number of rotatable bonds is 9. The van der Waals surface area contributed by atoms with Crippen molar-refractivity contribution in [1.82, 2.24) is 9.80 Å². The maximum atomic E-state index is 13.1. The highest BCUT2D eigenvalue weighted by Gasteiger charge is 2.20. The fraction of sp³-hybridized carbons (Fsp3) is 0.441. The number of nitrogens with zero attached hydrogens (tertiary/aromatic N) is 2. The molecule has 0 spiro atoms. The van der Waals surface area contributed by atoms with E-state index in [-0.39, 0.29) is 0 Å². The van der Waals surface area contributed by atoms with Crippen LogP contribution in [0.1, 0.15) is 76.7 Å². The topological polar surface area (TPSA) is 23.6 Å². The molecule has 2 aliphatic rings. The van der Waals surface area contributed by atoms with E-state index in [0.717, 1.165) is 50.5 Å². The molecule has 0 unspecified atom stereocenters. The van der Waals surface area contributed by atoms with Gasteiger partial charge in [-0.2, -0.15) is 0 Å². The summed E-state index contributed by atoms with van der Waals surface area (Å²) in [5, 5.41) is 0. The summed E-state index contributed by atoms with van der Waals surface area (Å²) in [5.74, 6) is 1.08. The quantitative estimate of drug-likeness (QED) is 0.294. The maximum absolute atomic E-state index is 13.1. The number of hydrogen-bond acceptors (Lipinski definition) is 3. The Morgan fingerprint density at radius 1 is 0.838 bits per heavy atom. The van der Waals surface area contributed by atoms with E-state index >= 15 is 0 Å². The summed E-state index contributed by atoms with van der Waals surface area (Å²) in [4.78, 5) is 18.2. The van der Waals surface area contributed by atoms with Crippen LogP contribution in [0.25, 0.3) is 0 Å². The van der Waals surface area contributed by atoms with Gasteiger partial charge in [-0.25, -0.2) is 0 Å². The molecular weight excluding hydrogens is 452 g/mol. The summed E-state index contributed by atoms with van der Waals surface area (Å²) in [5.41, 5.74) is 7.86. The Labute approximate surface area is 223 Å². The first kappa shape index (κ1) is 25.9. The average Bonchev–Trinajstić information content (AvgIpc) is 3.12. The lowest BCUT2D eigenvalue weighted by Crippen LogP contribution is -2.33. The van der Waals surface area contributed by atoms with Crippen molar-refractivity contribution in [1.29, 1.82) is 0 Å². The van der Waals surface area contributed by atoms with Crippen LogP contribution in [0.3, 0.4) is 0 Å². The number of ketones is 1. The standard InChI is InChI=1S/C34H42N2O/c1-27-9-5-6-13-32(27)25-36-20-8-14-30-16-17-31(23-33(30)26-36)34(37)15-7-12-28-18-21-35(22-19-28)24-29-10-3-2-4-11-29/h2-6,9-11,13,16-17,23,28H,7-8,12,14-15,18-22,24-26H2,1H3. The van der Waals surface area contributed by atoms with E-state index in [1.807, 2.05) is 0 Å². The zero-order valence-electron chi connectivity index (χ0n) is 22.5. The van der Waals surface area contributed by atoms with Crippen molar-refractivity contribution in [3.63, 3.8) is 0 Å². The highest BCUT2D eigenvalue weighted by Crippen LogP contribution is 2.26. The monoisotopic (exact) mass is 494 g/mol. The second kappa shape index (κ2) is 12.7. The van der Waals surface area contributed by atoms with Crippen LogP contribution in [-0.4, -0.2) is 35.2 Å². The Bertz CT molecular complexity index is 1160. The van der Waals surface area contributed by atoms with Crippen molar-refractivity contribution in [3.05, 3.63) is 106 Å². The van der Waals surface area contributed by atoms with E-state index in [4.69, 9.17) is 0 Å². The highest BCUT2D eigenvalue weighted by atomic mass is 16.1. The minimum Gasteiger partial charge on any atom is -0.299 e. The normalized spacial score (nSPS) is 17.3. The molecule has 1 saturated heterocycles. The van der Waals surface area contributed by atoms with Crippen LogP contribution in [0.4, 0.5) is 0 Å². The van der Waals surface area contributed by atoms with Crippen LogP contribution in [0.15, 0.2) is 72.8 Å². The van der Waals surface area contributed by atoms with E-state index in [9.17, 15) is 4.79 Å². The molecule has 3 nitrogen and oxygen atoms in total. The van der Waals surface area contributed by atoms with Gasteiger partial charge in [-0.15, -0.1) is 0 Å². The Kier molecular flexibility index (Phi) is 8.86. The number of benzene rings is 3. The molecule has 2 aliphatic heterocycles. The smallest absolute Gasteiger partial charge is 0.162 e. The van der Waals surface area contributed by atoms with Crippen molar-refractivity contribution in [2.75, 3.05) is 19.6 Å². The van der Waals surface area contributed by atoms with E-state index < -0.39 is 0 Å². The van der Waals surface area contributed by atoms with Crippen LogP contribution < -0.4 is 0 Å². The predicted octanol–water partition coefficient (Wildman–Crippen LogP) is 7.21. The summed E-state index contributed by atoms with van der Waals surface area (Å²) >= 11 is 0. The Morgan fingerprint density at radius 3 is 2.43 bits per heavy atom. The van der Waals surface area contributed by atoms with Gasteiger partial charge in [0.05, 0.1) is 0 Å². The largest absolute Gasteiger partial charge is 0.299 e. The van der Waals surface area contributed by atoms with Crippen LogP contribution >= 0.6 is 0 Å². The first-order valence-corrected chi connectivity index (χ1v) is 14.3. The molecule has 0 amide bonds. The molecule has 3 aromatic rings. The Morgan fingerprint density at radius 2 is 1.62 bits per heavy atom. The van der Waals surface area contributed by atoms with Crippen molar-refractivity contribution in [2.24, 2.45) is 5.92 Å². The van der Waals surface area contributed by atoms with Crippen molar-refractivity contribution >= 4 is 5.78 Å². The summed E-state index contributed by atoms with van der Waals surface area (Å²) in [7, 11) is 0. The third-order valence-electron chi connectivity index (χ3n) is 8.47. The molecule has 194 valence electrons. The number of carbonyl (C=O) groups excluding carboxylic acids is 1. The summed E-state index contributed by atoms with van der Waals surface area (Å²) < 4.78 is 0. The predicted molar refractivity (Wildman–Crippen MR) is 153 cm³/mol. The third kappa shape index (κ3) is 7.18. The molecular formula is C34H42N2O. The van der Waals surface area contributed by atoms with Gasteiger partial charge < -0.3 is 0 Å². The van der Waals surface area contributed by atoms with Gasteiger partial charge in [0, 0.05) is 31.6 Å². The van der Waals surface area contributed by atoms with Gasteiger partial charge >= 0.3 is 0 Å². The number of carbonyl (C=O) groups is 1. The lowest BCUT2D eigenvalue weighted by Gasteiger charge is -2.32. The molecule has 37 heavy (non-hydrogen) atoms. The molecule has 0 atom stereocenters. The van der Waals surface area contributed by atoms with Gasteiger partial charge in [0.15, 0.2) is 5.78 Å². The SMILES string of the molecule is Cc1ccccc1CN1CCCc2ccc(C(=O)CCCC3CCN(Cc4ccccc4)CC3)cc2C1. The van der Waals surface area contributed by atoms with Crippen LogP contribution in [0.2, 0.25) is 0 Å². The lowest BCUT2D eigenvalue weighted by atomic mass is 9.90. The highest BCUT2D eigenvalue weighted by molar-refractivity contribution is 5.96. The van der Waals surface area contributed by atoms with Crippen LogP contribution in [0.5, 0.6) is 0 Å². The van der Waals surface area contributed by atoms with Gasteiger partial charge in [-0.1, -0.05) is 66.7 Å². The molecule has 0 aliphatic carbocycles. The second-order valence-electron chi connectivity index (χ2n) is 11.2. The fourth-order valence-electron chi connectivity index (χ4n) is 6.14. The van der Waals surface area contributed by atoms with E-state index in [1.165, 1.54) is 66.6 Å². The second-order valence-corrected chi connectivity index (χ2v) is 11.2. The number of likely N-dealkylation sites (tertiary alicyclic amines) is 1. The Hall–Kier alpha value is -2.75. The van der Waals surface area contributed by atoms with Crippen LogP contribution in [0, 0.1) is 12.8 Å². The van der Waals surface area contributed by atoms with Crippen LogP contribution in [-0.2, 0) is 26.1 Å². The van der Waals surface area contributed by atoms with Gasteiger partial charge in [0.2, 0.25) is 0 Å². The third-order valence-corrected chi connectivity index (χ3v) is 8.47. The number of hydrogen-bond donors (Lipinski definition) is 0. The minimum atomic E-state index is 0.319. The van der Waals surface area contributed by atoms with Crippen molar-refractivity contribution < 1.29 is 4.79 Å². The maximum Gasteiger partial charge on any atom is 0.162 e. The molecule has 5 rings (SSSR count). The first-order chi connectivity index (χ1) is 18.1. The molecule has 3 heteroatoms. The van der Waals surface area contributed by atoms with Gasteiger partial charge in [-0.3, -0.25) is 14.6 Å². The molecule has 0 N–H and O–H groups in total. The number of aryl methyl sites for hydroxylation is 2. The molecule has 0 bridgehead atoms. The summed E-state index contributed by atoms with van der Waals surface area (Å²) in [6.45, 7) is 8.64. The number of fused-ring (bicyclic) bond motifs is 1. The number of Topliss-reactive ketones (excluding diaryl/α,β-unsaturated/α-hetero) is 1. The van der Waals surface area contributed by atoms with E-state index in [0.29, 0.717) is 12.2 Å². The summed E-state index contributed by atoms with van der Waals surface area (Å²) in [6.07, 6.45) is 7.68. The van der Waals surface area contributed by atoms with Crippen molar-refractivity contribution in [2.45, 2.75) is 71.5 Å². The molecule has 2 heterocycles. The zero-order chi connectivity index (χ0) is 25.5. The molecule has 0 aromatic heterocycles. The first-order valence-electron chi connectivity index (χ1n) is 14.3. The van der Waals surface area contributed by atoms with E-state index in [2.05, 4.69) is 89.5 Å². The summed E-state index contributed by atoms with van der Waals surface area (Å²) in [6, 6.07) is 26.0.